The molecule has 1 saturated heterocycles. The molecule has 7 heteroatoms. The summed E-state index contributed by atoms with van der Waals surface area (Å²) in [4.78, 5) is 29.8. The van der Waals surface area contributed by atoms with Gasteiger partial charge in [-0.2, -0.15) is 0 Å². The second kappa shape index (κ2) is 10.3. The van der Waals surface area contributed by atoms with Crippen LogP contribution < -0.4 is 15.4 Å². The Kier molecular flexibility index (Phi) is 8.05. The van der Waals surface area contributed by atoms with Crippen LogP contribution in [-0.2, 0) is 16.1 Å². The number of aliphatic imine (C=N–C) groups is 1. The molecule has 0 radical (unpaired) electrons. The minimum Gasteiger partial charge on any atom is -0.488 e. The van der Waals surface area contributed by atoms with Gasteiger partial charge in [-0.3, -0.25) is 14.5 Å². The van der Waals surface area contributed by atoms with Gasteiger partial charge in [0.1, 0.15) is 11.4 Å². The molecule has 0 atom stereocenters. The minimum absolute atomic E-state index is 0.0892. The first kappa shape index (κ1) is 22.7. The van der Waals surface area contributed by atoms with Crippen LogP contribution in [0.4, 0.5) is 0 Å². The smallest absolute Gasteiger partial charge is 0.229 e. The van der Waals surface area contributed by atoms with Crippen molar-refractivity contribution in [1.82, 2.24) is 15.5 Å². The van der Waals surface area contributed by atoms with E-state index in [1.807, 2.05) is 52.8 Å². The van der Waals surface area contributed by atoms with Crippen LogP contribution in [0, 0.1) is 6.92 Å². The Balaban J connectivity index is 2.01. The summed E-state index contributed by atoms with van der Waals surface area (Å²) in [7, 11) is 0. The first-order valence-electron chi connectivity index (χ1n) is 10.3. The van der Waals surface area contributed by atoms with Crippen molar-refractivity contribution >= 4 is 17.8 Å². The average molecular weight is 403 g/mol. The molecule has 160 valence electrons. The second-order valence-corrected chi connectivity index (χ2v) is 8.24. The van der Waals surface area contributed by atoms with Gasteiger partial charge < -0.3 is 15.4 Å². The third kappa shape index (κ3) is 7.40. The number of carbonyl (C=O) groups is 2. The number of likely N-dealkylation sites (tertiary alicyclic amines) is 1. The maximum atomic E-state index is 11.9. The molecule has 0 bridgehead atoms. The molecule has 0 saturated carbocycles. The van der Waals surface area contributed by atoms with Crippen molar-refractivity contribution in [3.63, 3.8) is 0 Å². The zero-order valence-electron chi connectivity index (χ0n) is 18.3. The molecule has 0 aromatic heterocycles. The highest BCUT2D eigenvalue weighted by Crippen LogP contribution is 2.25. The molecule has 1 aliphatic heterocycles. The minimum atomic E-state index is -0.289. The van der Waals surface area contributed by atoms with Crippen molar-refractivity contribution in [3.05, 3.63) is 29.3 Å². The summed E-state index contributed by atoms with van der Waals surface area (Å²) < 4.78 is 6.10. The lowest BCUT2D eigenvalue weighted by Gasteiger charge is -2.25. The molecule has 0 unspecified atom stereocenters. The van der Waals surface area contributed by atoms with Crippen molar-refractivity contribution in [2.75, 3.05) is 19.6 Å². The van der Waals surface area contributed by atoms with Gasteiger partial charge >= 0.3 is 0 Å². The summed E-state index contributed by atoms with van der Waals surface area (Å²) in [5, 5.41) is 6.41. The van der Waals surface area contributed by atoms with E-state index >= 15 is 0 Å². The van der Waals surface area contributed by atoms with E-state index in [0.717, 1.165) is 16.9 Å². The molecule has 1 heterocycles. The van der Waals surface area contributed by atoms with Gasteiger partial charge in [0.2, 0.25) is 11.8 Å². The van der Waals surface area contributed by atoms with E-state index in [1.165, 1.54) is 4.90 Å². The van der Waals surface area contributed by atoms with E-state index in [0.29, 0.717) is 51.4 Å². The van der Waals surface area contributed by atoms with Crippen LogP contribution in [0.5, 0.6) is 5.75 Å². The lowest BCUT2D eigenvalue weighted by Crippen LogP contribution is -2.46. The highest BCUT2D eigenvalue weighted by molar-refractivity contribution is 5.97. The zero-order valence-corrected chi connectivity index (χ0v) is 18.3. The number of imide groups is 1. The van der Waals surface area contributed by atoms with Crippen LogP contribution in [0.25, 0.3) is 0 Å². The molecule has 1 aliphatic rings. The molecule has 1 aromatic carbocycles. The molecule has 0 aliphatic carbocycles. The number of hydrogen-bond acceptors (Lipinski definition) is 4. The van der Waals surface area contributed by atoms with E-state index < -0.39 is 0 Å². The quantitative estimate of drug-likeness (QED) is 0.416. The number of guanidine groups is 1. The first-order valence-corrected chi connectivity index (χ1v) is 10.3. The zero-order chi connectivity index (χ0) is 21.4. The van der Waals surface area contributed by atoms with Crippen LogP contribution in [0.3, 0.4) is 0 Å². The van der Waals surface area contributed by atoms with Gasteiger partial charge in [-0.05, 0) is 52.7 Å². The van der Waals surface area contributed by atoms with E-state index in [-0.39, 0.29) is 17.4 Å². The lowest BCUT2D eigenvalue weighted by atomic mass is 10.1. The number of amides is 2. The van der Waals surface area contributed by atoms with E-state index in [9.17, 15) is 9.59 Å². The molecule has 0 spiro atoms. The third-order valence-corrected chi connectivity index (χ3v) is 4.40. The molecule has 2 N–H and O–H groups in total. The Morgan fingerprint density at radius 1 is 1.17 bits per heavy atom. The van der Waals surface area contributed by atoms with Gasteiger partial charge in [-0.25, -0.2) is 4.99 Å². The summed E-state index contributed by atoms with van der Waals surface area (Å²) >= 11 is 0. The normalized spacial score (nSPS) is 15.5. The largest absolute Gasteiger partial charge is 0.488 e. The fraction of sp³-hybridized carbons (Fsp3) is 0.591. The Labute approximate surface area is 173 Å². The highest BCUT2D eigenvalue weighted by atomic mass is 16.5. The Morgan fingerprint density at radius 2 is 1.86 bits per heavy atom. The predicted molar refractivity (Wildman–Crippen MR) is 115 cm³/mol. The predicted octanol–water partition coefficient (Wildman–Crippen LogP) is 2.77. The van der Waals surface area contributed by atoms with Crippen molar-refractivity contribution in [2.24, 2.45) is 4.99 Å². The summed E-state index contributed by atoms with van der Waals surface area (Å²) in [5.41, 5.74) is 1.85. The molecule has 29 heavy (non-hydrogen) atoms. The van der Waals surface area contributed by atoms with Crippen LogP contribution >= 0.6 is 0 Å². The fourth-order valence-corrected chi connectivity index (χ4v) is 3.06. The van der Waals surface area contributed by atoms with Crippen molar-refractivity contribution < 1.29 is 14.3 Å². The van der Waals surface area contributed by atoms with E-state index in [1.54, 1.807) is 0 Å². The van der Waals surface area contributed by atoms with Gasteiger partial charge in [0.15, 0.2) is 5.96 Å². The summed E-state index contributed by atoms with van der Waals surface area (Å²) in [6.07, 6.45) is 1.55. The Hall–Kier alpha value is -2.57. The summed E-state index contributed by atoms with van der Waals surface area (Å²) in [5.74, 6) is 1.30. The van der Waals surface area contributed by atoms with Crippen molar-refractivity contribution in [1.29, 1.82) is 0 Å². The number of aryl methyl sites for hydroxylation is 1. The maximum absolute atomic E-state index is 11.9. The topological polar surface area (TPSA) is 83.0 Å². The molecule has 2 rings (SSSR count). The summed E-state index contributed by atoms with van der Waals surface area (Å²) in [6.45, 7) is 12.1. The highest BCUT2D eigenvalue weighted by Gasteiger charge is 2.25. The molecular formula is C22H34N4O3. The molecule has 2 amide bonds. The van der Waals surface area contributed by atoms with Crippen LogP contribution in [0.15, 0.2) is 23.2 Å². The maximum Gasteiger partial charge on any atom is 0.229 e. The third-order valence-electron chi connectivity index (χ3n) is 4.40. The van der Waals surface area contributed by atoms with Gasteiger partial charge in [0.25, 0.3) is 0 Å². The number of nitrogens with one attached hydrogen (secondary N) is 2. The monoisotopic (exact) mass is 402 g/mol. The summed E-state index contributed by atoms with van der Waals surface area (Å²) in [6, 6.07) is 6.12. The SMILES string of the molecule is CCNC(=NCc1ccc(C)cc1OC(C)(C)C)NCCN1C(=O)CCCC1=O. The van der Waals surface area contributed by atoms with Crippen LogP contribution in [0.2, 0.25) is 0 Å². The molecule has 1 fully saturated rings. The Morgan fingerprint density at radius 3 is 2.48 bits per heavy atom. The van der Waals surface area contributed by atoms with Crippen molar-refractivity contribution in [3.8, 4) is 5.75 Å². The van der Waals surface area contributed by atoms with Gasteiger partial charge in [-0.1, -0.05) is 12.1 Å². The van der Waals surface area contributed by atoms with E-state index in [2.05, 4.69) is 15.6 Å². The number of hydrogen-bond donors (Lipinski definition) is 2. The average Bonchev–Trinajstić information content (AvgIpc) is 2.62. The first-order chi connectivity index (χ1) is 13.7. The number of ether oxygens (including phenoxy) is 1. The van der Waals surface area contributed by atoms with E-state index in [4.69, 9.17) is 4.74 Å². The molecule has 7 nitrogen and oxygen atoms in total. The van der Waals surface area contributed by atoms with Gasteiger partial charge in [0.05, 0.1) is 6.54 Å². The van der Waals surface area contributed by atoms with Gasteiger partial charge in [0, 0.05) is 38.0 Å². The van der Waals surface area contributed by atoms with Gasteiger partial charge in [-0.15, -0.1) is 0 Å². The Bertz CT molecular complexity index is 737. The molecular weight excluding hydrogens is 368 g/mol. The number of rotatable bonds is 7. The number of carbonyl (C=O) groups excluding carboxylic acids is 2. The van der Waals surface area contributed by atoms with Crippen LogP contribution in [-0.4, -0.2) is 47.9 Å². The number of nitrogens with zero attached hydrogens (tertiary/aromatic N) is 2. The second-order valence-electron chi connectivity index (χ2n) is 8.24. The molecule has 1 aromatic rings. The number of benzene rings is 1. The standard InChI is InChI=1S/C22H34N4O3/c1-6-23-21(24-12-13-26-19(27)8-7-9-20(26)28)25-15-17-11-10-16(2)14-18(17)29-22(3,4)5/h10-11,14H,6-9,12-13,15H2,1-5H3,(H2,23,24,25). The van der Waals surface area contributed by atoms with Crippen LogP contribution in [0.1, 0.15) is 58.1 Å². The van der Waals surface area contributed by atoms with Crippen molar-refractivity contribution in [2.45, 2.75) is 66.0 Å². The fourth-order valence-electron chi connectivity index (χ4n) is 3.06. The lowest BCUT2D eigenvalue weighted by molar-refractivity contribution is -0.147. The number of piperidine rings is 1.